The van der Waals surface area contributed by atoms with Gasteiger partial charge in [-0.1, -0.05) is 24.5 Å². The number of halogens is 1. The average Bonchev–Trinajstić information content (AvgIpc) is 3.11. The van der Waals surface area contributed by atoms with Crippen LogP contribution in [0.15, 0.2) is 11.6 Å². The Balaban J connectivity index is 0.00000208. The van der Waals surface area contributed by atoms with Gasteiger partial charge >= 0.3 is 6.03 Å². The molecule has 0 aromatic heterocycles. The van der Waals surface area contributed by atoms with Crippen LogP contribution in [0.4, 0.5) is 4.79 Å². The zero-order chi connectivity index (χ0) is 16.4. The third-order valence-electron chi connectivity index (χ3n) is 5.06. The van der Waals surface area contributed by atoms with E-state index < -0.39 is 17.6 Å². The fraction of sp³-hybridized carbons (Fsp3) is 0.688. The van der Waals surface area contributed by atoms with Gasteiger partial charge in [-0.2, -0.15) is 0 Å². The van der Waals surface area contributed by atoms with Gasteiger partial charge in [0.05, 0.1) is 0 Å². The van der Waals surface area contributed by atoms with Gasteiger partial charge in [-0.15, -0.1) is 12.4 Å². The SMILES string of the molecule is CC(C(=O)NCC1=CCNCC1)N1C(=O)NC2(CCCC2)C1=O.Cl. The summed E-state index contributed by atoms with van der Waals surface area (Å²) >= 11 is 0. The van der Waals surface area contributed by atoms with Crippen molar-refractivity contribution in [3.8, 4) is 0 Å². The van der Waals surface area contributed by atoms with Crippen LogP contribution in [0, 0.1) is 0 Å². The van der Waals surface area contributed by atoms with E-state index in [1.807, 2.05) is 0 Å². The summed E-state index contributed by atoms with van der Waals surface area (Å²) in [6, 6.07) is -1.23. The molecule has 24 heavy (non-hydrogen) atoms. The number of hydrogen-bond acceptors (Lipinski definition) is 4. The van der Waals surface area contributed by atoms with E-state index in [4.69, 9.17) is 0 Å². The Bertz CT molecular complexity index is 558. The lowest BCUT2D eigenvalue weighted by Crippen LogP contribution is -2.50. The molecule has 8 heteroatoms. The summed E-state index contributed by atoms with van der Waals surface area (Å²) in [4.78, 5) is 38.3. The number of imide groups is 1. The second-order valence-corrected chi connectivity index (χ2v) is 6.60. The molecule has 2 heterocycles. The fourth-order valence-corrected chi connectivity index (χ4v) is 3.61. The Morgan fingerprint density at radius 2 is 2.08 bits per heavy atom. The Morgan fingerprint density at radius 1 is 1.38 bits per heavy atom. The van der Waals surface area contributed by atoms with Gasteiger partial charge in [0.15, 0.2) is 0 Å². The zero-order valence-electron chi connectivity index (χ0n) is 13.9. The molecule has 2 fully saturated rings. The summed E-state index contributed by atoms with van der Waals surface area (Å²) in [5.41, 5.74) is 0.414. The van der Waals surface area contributed by atoms with E-state index >= 15 is 0 Å². The first-order chi connectivity index (χ1) is 11.0. The van der Waals surface area contributed by atoms with Crippen LogP contribution in [0.1, 0.15) is 39.0 Å². The molecule has 0 bridgehead atoms. The smallest absolute Gasteiger partial charge is 0.325 e. The highest BCUT2D eigenvalue weighted by molar-refractivity contribution is 6.09. The van der Waals surface area contributed by atoms with Crippen molar-refractivity contribution in [2.45, 2.75) is 50.6 Å². The lowest BCUT2D eigenvalue weighted by atomic mass is 9.97. The van der Waals surface area contributed by atoms with Crippen molar-refractivity contribution in [2.75, 3.05) is 19.6 Å². The van der Waals surface area contributed by atoms with Crippen LogP contribution in [0.5, 0.6) is 0 Å². The van der Waals surface area contributed by atoms with Gasteiger partial charge in [-0.25, -0.2) is 9.69 Å². The van der Waals surface area contributed by atoms with Gasteiger partial charge in [0, 0.05) is 13.1 Å². The van der Waals surface area contributed by atoms with E-state index in [1.165, 1.54) is 5.57 Å². The van der Waals surface area contributed by atoms with Crippen molar-refractivity contribution in [1.82, 2.24) is 20.9 Å². The predicted octanol–water partition coefficient (Wildman–Crippen LogP) is 0.697. The topological polar surface area (TPSA) is 90.5 Å². The maximum Gasteiger partial charge on any atom is 0.325 e. The summed E-state index contributed by atoms with van der Waals surface area (Å²) in [6.07, 6.45) is 6.17. The number of carbonyl (C=O) groups is 3. The van der Waals surface area contributed by atoms with Crippen molar-refractivity contribution < 1.29 is 14.4 Å². The Morgan fingerprint density at radius 3 is 2.71 bits per heavy atom. The van der Waals surface area contributed by atoms with Gasteiger partial charge < -0.3 is 16.0 Å². The summed E-state index contributed by atoms with van der Waals surface area (Å²) in [5.74, 6) is -0.535. The number of amides is 4. The number of urea groups is 1. The van der Waals surface area contributed by atoms with E-state index in [-0.39, 0.29) is 24.2 Å². The standard InChI is InChI=1S/C16H24N4O3.ClH/c1-11(13(21)18-10-12-4-8-17-9-5-12)20-14(22)16(19-15(20)23)6-2-3-7-16;/h4,11,17H,2-3,5-10H2,1H3,(H,18,21)(H,19,23);1H. The van der Waals surface area contributed by atoms with Crippen LogP contribution in [-0.2, 0) is 9.59 Å². The lowest BCUT2D eigenvalue weighted by molar-refractivity contribution is -0.137. The molecule has 0 aromatic rings. The first-order valence-corrected chi connectivity index (χ1v) is 8.36. The number of nitrogens with one attached hydrogen (secondary N) is 3. The maximum atomic E-state index is 12.6. The summed E-state index contributed by atoms with van der Waals surface area (Å²) in [6.45, 7) is 3.81. The van der Waals surface area contributed by atoms with E-state index in [0.29, 0.717) is 19.4 Å². The number of nitrogens with zero attached hydrogens (tertiary/aromatic N) is 1. The monoisotopic (exact) mass is 356 g/mol. The molecule has 1 saturated carbocycles. The predicted molar refractivity (Wildman–Crippen MR) is 91.9 cm³/mol. The molecule has 134 valence electrons. The van der Waals surface area contributed by atoms with Crippen LogP contribution >= 0.6 is 12.4 Å². The molecule has 3 rings (SSSR count). The Labute approximate surface area is 148 Å². The quantitative estimate of drug-likeness (QED) is 0.511. The van der Waals surface area contributed by atoms with Crippen molar-refractivity contribution in [3.63, 3.8) is 0 Å². The molecule has 7 nitrogen and oxygen atoms in total. The molecule has 0 radical (unpaired) electrons. The third-order valence-corrected chi connectivity index (χ3v) is 5.06. The normalized spacial score (nSPS) is 23.5. The molecule has 1 atom stereocenters. The van der Waals surface area contributed by atoms with Gasteiger partial charge in [0.1, 0.15) is 11.6 Å². The Hall–Kier alpha value is -1.60. The number of carbonyl (C=O) groups excluding carboxylic acids is 3. The molecule has 1 aliphatic carbocycles. The van der Waals surface area contributed by atoms with Crippen LogP contribution in [0.3, 0.4) is 0 Å². The molecule has 3 N–H and O–H groups in total. The second kappa shape index (κ2) is 7.53. The van der Waals surface area contributed by atoms with Crippen molar-refractivity contribution in [1.29, 1.82) is 0 Å². The molecule has 1 saturated heterocycles. The first kappa shape index (κ1) is 18.7. The van der Waals surface area contributed by atoms with E-state index in [1.54, 1.807) is 6.92 Å². The van der Waals surface area contributed by atoms with Crippen molar-refractivity contribution >= 4 is 30.3 Å². The average molecular weight is 357 g/mol. The highest BCUT2D eigenvalue weighted by atomic mass is 35.5. The van der Waals surface area contributed by atoms with E-state index in [0.717, 1.165) is 37.3 Å². The van der Waals surface area contributed by atoms with Crippen LogP contribution in [-0.4, -0.2) is 54.0 Å². The van der Waals surface area contributed by atoms with Crippen molar-refractivity contribution in [3.05, 3.63) is 11.6 Å². The minimum atomic E-state index is -0.787. The molecular formula is C16H25ClN4O3. The third kappa shape index (κ3) is 3.42. The molecule has 0 aromatic carbocycles. The second-order valence-electron chi connectivity index (χ2n) is 6.60. The first-order valence-electron chi connectivity index (χ1n) is 8.36. The highest BCUT2D eigenvalue weighted by Gasteiger charge is 2.54. The van der Waals surface area contributed by atoms with E-state index in [9.17, 15) is 14.4 Å². The summed E-state index contributed by atoms with van der Waals surface area (Å²) < 4.78 is 0. The maximum absolute atomic E-state index is 12.6. The molecule has 1 spiro atoms. The van der Waals surface area contributed by atoms with Crippen LogP contribution < -0.4 is 16.0 Å². The van der Waals surface area contributed by atoms with Crippen LogP contribution in [0.2, 0.25) is 0 Å². The van der Waals surface area contributed by atoms with Gasteiger partial charge in [0.25, 0.3) is 5.91 Å². The number of hydrogen-bond donors (Lipinski definition) is 3. The van der Waals surface area contributed by atoms with Gasteiger partial charge in [0.2, 0.25) is 5.91 Å². The largest absolute Gasteiger partial charge is 0.351 e. The van der Waals surface area contributed by atoms with Gasteiger partial charge in [-0.3, -0.25) is 9.59 Å². The summed E-state index contributed by atoms with van der Waals surface area (Å²) in [5, 5.41) is 8.86. The molecular weight excluding hydrogens is 332 g/mol. The number of rotatable bonds is 4. The minimum absolute atomic E-state index is 0. The molecule has 4 amide bonds. The zero-order valence-corrected chi connectivity index (χ0v) is 14.7. The minimum Gasteiger partial charge on any atom is -0.351 e. The molecule has 2 aliphatic heterocycles. The molecule has 3 aliphatic rings. The summed E-state index contributed by atoms with van der Waals surface area (Å²) in [7, 11) is 0. The lowest BCUT2D eigenvalue weighted by Gasteiger charge is -2.24. The Kier molecular flexibility index (Phi) is 5.87. The molecule has 1 unspecified atom stereocenters. The van der Waals surface area contributed by atoms with Gasteiger partial charge in [-0.05, 0) is 32.7 Å². The van der Waals surface area contributed by atoms with Crippen molar-refractivity contribution in [2.24, 2.45) is 0 Å². The highest BCUT2D eigenvalue weighted by Crippen LogP contribution is 2.35. The van der Waals surface area contributed by atoms with E-state index in [2.05, 4.69) is 22.0 Å². The van der Waals surface area contributed by atoms with Crippen LogP contribution in [0.25, 0.3) is 0 Å². The fourth-order valence-electron chi connectivity index (χ4n) is 3.61.